The second-order valence-corrected chi connectivity index (χ2v) is 8.87. The van der Waals surface area contributed by atoms with Gasteiger partial charge in [0.05, 0.1) is 0 Å². The van der Waals surface area contributed by atoms with Gasteiger partial charge in [-0.15, -0.1) is 0 Å². The molecule has 5 nitrogen and oxygen atoms in total. The molecule has 0 bridgehead atoms. The first-order valence-corrected chi connectivity index (χ1v) is 11.1. The standard InChI is InChI=1S/C19H30N4OS/c1-21-17-7-6-15(22-10-12-25-13-11-22)14-16(17)18(20-21)19(24)23-8-4-2-3-5-9-23/h15H,2-14H2,1H3. The molecule has 0 radical (unpaired) electrons. The molecule has 2 fully saturated rings. The summed E-state index contributed by atoms with van der Waals surface area (Å²) in [5, 5.41) is 4.68. The lowest BCUT2D eigenvalue weighted by molar-refractivity contribution is 0.0753. The third-order valence-corrected chi connectivity index (χ3v) is 7.03. The van der Waals surface area contributed by atoms with Gasteiger partial charge in [-0.2, -0.15) is 16.9 Å². The van der Waals surface area contributed by atoms with Gasteiger partial charge in [0.2, 0.25) is 0 Å². The molecule has 2 saturated heterocycles. The minimum atomic E-state index is 0.175. The minimum absolute atomic E-state index is 0.175. The Kier molecular flexibility index (Phi) is 5.36. The van der Waals surface area contributed by atoms with E-state index in [2.05, 4.69) is 26.7 Å². The SMILES string of the molecule is Cn1nc(C(=O)N2CCCCCC2)c2c1CCC(N1CCSCC1)C2. The van der Waals surface area contributed by atoms with Crippen molar-refractivity contribution < 1.29 is 4.79 Å². The average molecular weight is 363 g/mol. The third-order valence-electron chi connectivity index (χ3n) is 6.09. The molecular weight excluding hydrogens is 332 g/mol. The number of hydrogen-bond acceptors (Lipinski definition) is 4. The molecule has 1 amide bonds. The maximum Gasteiger partial charge on any atom is 0.274 e. The number of aryl methyl sites for hydroxylation is 1. The summed E-state index contributed by atoms with van der Waals surface area (Å²) in [6, 6.07) is 0.591. The zero-order valence-corrected chi connectivity index (χ0v) is 16.2. The predicted molar refractivity (Wildman–Crippen MR) is 102 cm³/mol. The Bertz CT molecular complexity index is 615. The van der Waals surface area contributed by atoms with Gasteiger partial charge in [0, 0.05) is 62.0 Å². The summed E-state index contributed by atoms with van der Waals surface area (Å²) in [4.78, 5) is 17.9. The van der Waals surface area contributed by atoms with Gasteiger partial charge in [0.25, 0.3) is 5.91 Å². The summed E-state index contributed by atoms with van der Waals surface area (Å²) < 4.78 is 1.97. The van der Waals surface area contributed by atoms with Crippen molar-refractivity contribution in [1.82, 2.24) is 19.6 Å². The lowest BCUT2D eigenvalue weighted by Gasteiger charge is -2.36. The van der Waals surface area contributed by atoms with E-state index < -0.39 is 0 Å². The Balaban J connectivity index is 1.55. The van der Waals surface area contributed by atoms with Crippen LogP contribution in [0, 0.1) is 0 Å². The molecule has 6 heteroatoms. The highest BCUT2D eigenvalue weighted by atomic mass is 32.2. The van der Waals surface area contributed by atoms with Crippen molar-refractivity contribution in [3.05, 3.63) is 17.0 Å². The van der Waals surface area contributed by atoms with Gasteiger partial charge in [0.1, 0.15) is 0 Å². The number of fused-ring (bicyclic) bond motifs is 1. The molecule has 1 unspecified atom stereocenters. The van der Waals surface area contributed by atoms with E-state index in [9.17, 15) is 4.79 Å². The Morgan fingerprint density at radius 1 is 1.08 bits per heavy atom. The van der Waals surface area contributed by atoms with E-state index >= 15 is 0 Å². The van der Waals surface area contributed by atoms with Crippen molar-refractivity contribution in [3.63, 3.8) is 0 Å². The Morgan fingerprint density at radius 3 is 2.52 bits per heavy atom. The van der Waals surface area contributed by atoms with E-state index in [1.165, 1.54) is 55.1 Å². The number of nitrogens with zero attached hydrogens (tertiary/aromatic N) is 4. The fraction of sp³-hybridized carbons (Fsp3) is 0.789. The van der Waals surface area contributed by atoms with Crippen LogP contribution in [-0.2, 0) is 19.9 Å². The molecule has 0 aromatic carbocycles. The zero-order chi connectivity index (χ0) is 17.2. The van der Waals surface area contributed by atoms with Crippen LogP contribution in [0.5, 0.6) is 0 Å². The summed E-state index contributed by atoms with van der Waals surface area (Å²) in [5.41, 5.74) is 3.28. The van der Waals surface area contributed by atoms with E-state index in [4.69, 9.17) is 0 Å². The van der Waals surface area contributed by atoms with Gasteiger partial charge >= 0.3 is 0 Å². The first-order valence-electron chi connectivity index (χ1n) is 9.90. The van der Waals surface area contributed by atoms with Gasteiger partial charge in [-0.3, -0.25) is 14.4 Å². The van der Waals surface area contributed by atoms with Crippen LogP contribution in [0.1, 0.15) is 53.8 Å². The van der Waals surface area contributed by atoms with Crippen molar-refractivity contribution in [2.24, 2.45) is 7.05 Å². The molecule has 3 aliphatic rings. The van der Waals surface area contributed by atoms with Gasteiger partial charge in [-0.25, -0.2) is 0 Å². The topological polar surface area (TPSA) is 41.4 Å². The molecule has 25 heavy (non-hydrogen) atoms. The lowest BCUT2D eigenvalue weighted by atomic mass is 9.90. The maximum absolute atomic E-state index is 13.2. The second kappa shape index (κ2) is 7.70. The zero-order valence-electron chi connectivity index (χ0n) is 15.4. The molecule has 3 heterocycles. The van der Waals surface area contributed by atoms with E-state index in [1.807, 2.05) is 11.7 Å². The first kappa shape index (κ1) is 17.4. The third kappa shape index (κ3) is 3.61. The fourth-order valence-electron chi connectivity index (χ4n) is 4.62. The predicted octanol–water partition coefficient (Wildman–Crippen LogP) is 2.34. The van der Waals surface area contributed by atoms with Crippen LogP contribution in [0.15, 0.2) is 0 Å². The smallest absolute Gasteiger partial charge is 0.274 e. The molecule has 0 N–H and O–H groups in total. The second-order valence-electron chi connectivity index (χ2n) is 7.65. The molecule has 1 aromatic heterocycles. The Hall–Kier alpha value is -1.01. The maximum atomic E-state index is 13.2. The van der Waals surface area contributed by atoms with Crippen LogP contribution >= 0.6 is 11.8 Å². The van der Waals surface area contributed by atoms with E-state index in [-0.39, 0.29) is 5.91 Å². The number of likely N-dealkylation sites (tertiary alicyclic amines) is 1. The number of rotatable bonds is 2. The molecule has 2 aliphatic heterocycles. The number of thioether (sulfide) groups is 1. The molecule has 0 saturated carbocycles. The molecule has 1 aliphatic carbocycles. The van der Waals surface area contributed by atoms with Gasteiger partial charge in [-0.05, 0) is 32.1 Å². The van der Waals surface area contributed by atoms with Crippen LogP contribution in [0.25, 0.3) is 0 Å². The van der Waals surface area contributed by atoms with Crippen molar-refractivity contribution >= 4 is 17.7 Å². The van der Waals surface area contributed by atoms with Crippen LogP contribution in [-0.4, -0.2) is 69.2 Å². The quantitative estimate of drug-likeness (QED) is 0.810. The number of aromatic nitrogens is 2. The molecule has 138 valence electrons. The highest BCUT2D eigenvalue weighted by Gasteiger charge is 2.33. The van der Waals surface area contributed by atoms with Gasteiger partial charge < -0.3 is 4.90 Å². The minimum Gasteiger partial charge on any atom is -0.337 e. The van der Waals surface area contributed by atoms with Crippen molar-refractivity contribution in [3.8, 4) is 0 Å². The monoisotopic (exact) mass is 362 g/mol. The van der Waals surface area contributed by atoms with Crippen molar-refractivity contribution in [1.29, 1.82) is 0 Å². The molecule has 1 aromatic rings. The summed E-state index contributed by atoms with van der Waals surface area (Å²) in [5.74, 6) is 2.67. The van der Waals surface area contributed by atoms with Crippen molar-refractivity contribution in [2.75, 3.05) is 37.7 Å². The van der Waals surface area contributed by atoms with Crippen LogP contribution in [0.4, 0.5) is 0 Å². The first-order chi connectivity index (χ1) is 12.2. The molecule has 4 rings (SSSR count). The van der Waals surface area contributed by atoms with Gasteiger partial charge in [-0.1, -0.05) is 12.8 Å². The molecular formula is C19H30N4OS. The van der Waals surface area contributed by atoms with Crippen molar-refractivity contribution in [2.45, 2.75) is 51.0 Å². The largest absolute Gasteiger partial charge is 0.337 e. The summed E-state index contributed by atoms with van der Waals surface area (Å²) in [6.45, 7) is 4.19. The average Bonchev–Trinajstić information content (AvgIpc) is 2.83. The summed E-state index contributed by atoms with van der Waals surface area (Å²) in [6.07, 6.45) is 8.03. The number of amides is 1. The highest BCUT2D eigenvalue weighted by Crippen LogP contribution is 2.29. The molecule has 0 spiro atoms. The summed E-state index contributed by atoms with van der Waals surface area (Å²) >= 11 is 2.06. The van der Waals surface area contributed by atoms with Crippen LogP contribution in [0.2, 0.25) is 0 Å². The normalized spacial score (nSPS) is 25.5. The van der Waals surface area contributed by atoms with Crippen LogP contribution < -0.4 is 0 Å². The van der Waals surface area contributed by atoms with E-state index in [1.54, 1.807) is 0 Å². The summed E-state index contributed by atoms with van der Waals surface area (Å²) in [7, 11) is 2.01. The number of hydrogen-bond donors (Lipinski definition) is 0. The Morgan fingerprint density at radius 2 is 1.80 bits per heavy atom. The fourth-order valence-corrected chi connectivity index (χ4v) is 5.55. The lowest BCUT2D eigenvalue weighted by Crippen LogP contribution is -2.44. The number of carbonyl (C=O) groups is 1. The Labute approximate surface area is 155 Å². The van der Waals surface area contributed by atoms with E-state index in [0.29, 0.717) is 6.04 Å². The van der Waals surface area contributed by atoms with E-state index in [0.717, 1.165) is 44.5 Å². The van der Waals surface area contributed by atoms with Crippen LogP contribution in [0.3, 0.4) is 0 Å². The highest BCUT2D eigenvalue weighted by molar-refractivity contribution is 7.99. The number of carbonyl (C=O) groups excluding carboxylic acids is 1. The molecule has 1 atom stereocenters. The van der Waals surface area contributed by atoms with Gasteiger partial charge in [0.15, 0.2) is 5.69 Å².